The number of hydrogen-bond acceptors (Lipinski definition) is 3. The van der Waals surface area contributed by atoms with Crippen molar-refractivity contribution >= 4 is 16.9 Å². The maximum atomic E-state index is 13.4. The van der Waals surface area contributed by atoms with Gasteiger partial charge in [-0.3, -0.25) is 4.79 Å². The van der Waals surface area contributed by atoms with Crippen LogP contribution < -0.4 is 4.74 Å². The summed E-state index contributed by atoms with van der Waals surface area (Å²) in [7, 11) is 1.65. The number of amides is 1. The quantitative estimate of drug-likeness (QED) is 0.421. The SMILES string of the molecule is COc1ccc(-c2nc3ccccc3n2CC(=O)N(Cc2ccccc2)C(C)C)cc1. The van der Waals surface area contributed by atoms with Crippen molar-refractivity contribution in [3.63, 3.8) is 0 Å². The second kappa shape index (κ2) is 9.04. The zero-order valence-electron chi connectivity index (χ0n) is 18.2. The van der Waals surface area contributed by atoms with Gasteiger partial charge in [-0.05, 0) is 55.8 Å². The summed E-state index contributed by atoms with van der Waals surface area (Å²) in [6.45, 7) is 4.92. The minimum Gasteiger partial charge on any atom is -0.497 e. The van der Waals surface area contributed by atoms with Gasteiger partial charge in [-0.15, -0.1) is 0 Å². The summed E-state index contributed by atoms with van der Waals surface area (Å²) in [5, 5.41) is 0. The molecule has 0 saturated carbocycles. The predicted octanol–water partition coefficient (Wildman–Crippen LogP) is 5.15. The fourth-order valence-electron chi connectivity index (χ4n) is 3.76. The van der Waals surface area contributed by atoms with Gasteiger partial charge >= 0.3 is 0 Å². The minimum absolute atomic E-state index is 0.0665. The first-order chi connectivity index (χ1) is 15.1. The number of benzene rings is 3. The summed E-state index contributed by atoms with van der Waals surface area (Å²) in [6.07, 6.45) is 0. The van der Waals surface area contributed by atoms with Crippen molar-refractivity contribution < 1.29 is 9.53 Å². The molecule has 0 atom stereocenters. The van der Waals surface area contributed by atoms with Crippen LogP contribution in [0.3, 0.4) is 0 Å². The molecular weight excluding hydrogens is 386 g/mol. The van der Waals surface area contributed by atoms with E-state index in [-0.39, 0.29) is 18.5 Å². The molecule has 0 fully saturated rings. The smallest absolute Gasteiger partial charge is 0.243 e. The molecule has 1 heterocycles. The Morgan fingerprint density at radius 2 is 1.65 bits per heavy atom. The standard InChI is InChI=1S/C26H27N3O2/c1-19(2)28(17-20-9-5-4-6-10-20)25(30)18-29-24-12-8-7-11-23(24)27-26(29)21-13-15-22(31-3)16-14-21/h4-16,19H,17-18H2,1-3H3. The van der Waals surface area contributed by atoms with Crippen LogP contribution >= 0.6 is 0 Å². The van der Waals surface area contributed by atoms with E-state index in [1.807, 2.05) is 76.2 Å². The van der Waals surface area contributed by atoms with E-state index in [4.69, 9.17) is 9.72 Å². The Kier molecular flexibility index (Phi) is 6.03. The zero-order chi connectivity index (χ0) is 21.8. The Labute approximate surface area is 182 Å². The van der Waals surface area contributed by atoms with Crippen molar-refractivity contribution in [3.8, 4) is 17.1 Å². The highest BCUT2D eigenvalue weighted by atomic mass is 16.5. The third kappa shape index (κ3) is 4.45. The molecule has 4 aromatic rings. The van der Waals surface area contributed by atoms with E-state index < -0.39 is 0 Å². The molecule has 5 heteroatoms. The van der Waals surface area contributed by atoms with Crippen molar-refractivity contribution in [3.05, 3.63) is 84.4 Å². The molecule has 158 valence electrons. The molecule has 0 spiro atoms. The number of carbonyl (C=O) groups is 1. The lowest BCUT2D eigenvalue weighted by Crippen LogP contribution is -2.38. The van der Waals surface area contributed by atoms with Crippen LogP contribution in [0.15, 0.2) is 78.9 Å². The number of ether oxygens (including phenoxy) is 1. The van der Waals surface area contributed by atoms with Crippen molar-refractivity contribution in [1.82, 2.24) is 14.5 Å². The topological polar surface area (TPSA) is 47.4 Å². The van der Waals surface area contributed by atoms with Crippen molar-refractivity contribution in [1.29, 1.82) is 0 Å². The third-order valence-electron chi connectivity index (χ3n) is 5.44. The number of hydrogen-bond donors (Lipinski definition) is 0. The molecule has 0 aliphatic heterocycles. The number of aromatic nitrogens is 2. The molecule has 1 aromatic heterocycles. The van der Waals surface area contributed by atoms with Gasteiger partial charge in [-0.1, -0.05) is 42.5 Å². The molecule has 1 amide bonds. The summed E-state index contributed by atoms with van der Waals surface area (Å²) >= 11 is 0. The monoisotopic (exact) mass is 413 g/mol. The maximum absolute atomic E-state index is 13.4. The fraction of sp³-hybridized carbons (Fsp3) is 0.231. The summed E-state index contributed by atoms with van der Waals surface area (Å²) in [5.74, 6) is 1.63. The number of fused-ring (bicyclic) bond motifs is 1. The van der Waals surface area contributed by atoms with E-state index in [0.29, 0.717) is 6.54 Å². The van der Waals surface area contributed by atoms with Crippen LogP contribution in [-0.2, 0) is 17.9 Å². The number of imidazole rings is 1. The first-order valence-corrected chi connectivity index (χ1v) is 10.5. The number of carbonyl (C=O) groups excluding carboxylic acids is 1. The lowest BCUT2D eigenvalue weighted by Gasteiger charge is -2.27. The van der Waals surface area contributed by atoms with Crippen LogP contribution in [0.1, 0.15) is 19.4 Å². The zero-order valence-corrected chi connectivity index (χ0v) is 18.2. The molecular formula is C26H27N3O2. The largest absolute Gasteiger partial charge is 0.497 e. The average molecular weight is 414 g/mol. The summed E-state index contributed by atoms with van der Waals surface area (Å²) in [4.78, 5) is 20.2. The fourth-order valence-corrected chi connectivity index (χ4v) is 3.76. The van der Waals surface area contributed by atoms with Gasteiger partial charge in [-0.2, -0.15) is 0 Å². The van der Waals surface area contributed by atoms with Gasteiger partial charge in [-0.25, -0.2) is 4.98 Å². The Morgan fingerprint density at radius 3 is 2.32 bits per heavy atom. The minimum atomic E-state index is 0.0665. The molecule has 0 saturated heterocycles. The third-order valence-corrected chi connectivity index (χ3v) is 5.44. The van der Waals surface area contributed by atoms with E-state index in [2.05, 4.69) is 26.0 Å². The first-order valence-electron chi connectivity index (χ1n) is 10.5. The molecule has 31 heavy (non-hydrogen) atoms. The van der Waals surface area contributed by atoms with Gasteiger partial charge in [0, 0.05) is 18.2 Å². The number of methoxy groups -OCH3 is 1. The predicted molar refractivity (Wildman–Crippen MR) is 124 cm³/mol. The van der Waals surface area contributed by atoms with E-state index in [9.17, 15) is 4.79 Å². The molecule has 0 unspecified atom stereocenters. The maximum Gasteiger partial charge on any atom is 0.243 e. The average Bonchev–Trinajstić information content (AvgIpc) is 3.16. The molecule has 0 aliphatic rings. The lowest BCUT2D eigenvalue weighted by molar-refractivity contribution is -0.134. The number of rotatable bonds is 7. The number of para-hydroxylation sites is 2. The molecule has 5 nitrogen and oxygen atoms in total. The van der Waals surface area contributed by atoms with Gasteiger partial charge < -0.3 is 14.2 Å². The highest BCUT2D eigenvalue weighted by Crippen LogP contribution is 2.27. The van der Waals surface area contributed by atoms with Gasteiger partial charge in [0.05, 0.1) is 18.1 Å². The Hall–Kier alpha value is -3.60. The van der Waals surface area contributed by atoms with Crippen LogP contribution in [0.5, 0.6) is 5.75 Å². The normalized spacial score (nSPS) is 11.1. The molecule has 0 aliphatic carbocycles. The first kappa shape index (κ1) is 20.7. The summed E-state index contributed by atoms with van der Waals surface area (Å²) in [6, 6.07) is 25.9. The van der Waals surface area contributed by atoms with Crippen molar-refractivity contribution in [2.45, 2.75) is 33.0 Å². The van der Waals surface area contributed by atoms with Gasteiger partial charge in [0.1, 0.15) is 18.1 Å². The van der Waals surface area contributed by atoms with E-state index in [1.54, 1.807) is 7.11 Å². The molecule has 3 aromatic carbocycles. The molecule has 0 N–H and O–H groups in total. The Morgan fingerprint density at radius 1 is 0.968 bits per heavy atom. The van der Waals surface area contributed by atoms with Crippen LogP contribution in [0, 0.1) is 0 Å². The second-order valence-corrected chi connectivity index (χ2v) is 7.84. The summed E-state index contributed by atoms with van der Waals surface area (Å²) < 4.78 is 7.30. The van der Waals surface area contributed by atoms with Gasteiger partial charge in [0.15, 0.2) is 0 Å². The highest BCUT2D eigenvalue weighted by Gasteiger charge is 2.21. The van der Waals surface area contributed by atoms with Gasteiger partial charge in [0.2, 0.25) is 5.91 Å². The van der Waals surface area contributed by atoms with E-state index >= 15 is 0 Å². The Balaban J connectivity index is 1.69. The Bertz CT molecular complexity index is 1160. The second-order valence-electron chi connectivity index (χ2n) is 7.84. The summed E-state index contributed by atoms with van der Waals surface area (Å²) in [5.41, 5.74) is 3.89. The highest BCUT2D eigenvalue weighted by molar-refractivity contribution is 5.84. The van der Waals surface area contributed by atoms with Gasteiger partial charge in [0.25, 0.3) is 0 Å². The van der Waals surface area contributed by atoms with Crippen molar-refractivity contribution in [2.24, 2.45) is 0 Å². The van der Waals surface area contributed by atoms with Crippen LogP contribution in [0.2, 0.25) is 0 Å². The van der Waals surface area contributed by atoms with Crippen LogP contribution in [0.4, 0.5) is 0 Å². The number of nitrogens with zero attached hydrogens (tertiary/aromatic N) is 3. The van der Waals surface area contributed by atoms with Crippen LogP contribution in [-0.4, -0.2) is 33.5 Å². The molecule has 0 radical (unpaired) electrons. The van der Waals surface area contributed by atoms with Crippen molar-refractivity contribution in [2.75, 3.05) is 7.11 Å². The molecule has 0 bridgehead atoms. The molecule has 4 rings (SSSR count). The van der Waals surface area contributed by atoms with E-state index in [1.165, 1.54) is 0 Å². The van der Waals surface area contributed by atoms with E-state index in [0.717, 1.165) is 33.7 Å². The van der Waals surface area contributed by atoms with Crippen LogP contribution in [0.25, 0.3) is 22.4 Å². The lowest BCUT2D eigenvalue weighted by atomic mass is 10.2.